The number of carbonyl (C=O) groups is 4. The highest BCUT2D eigenvalue weighted by Crippen LogP contribution is 2.41. The summed E-state index contributed by atoms with van der Waals surface area (Å²) in [6, 6.07) is 11.2. The van der Waals surface area contributed by atoms with E-state index in [9.17, 15) is 19.2 Å². The topological polar surface area (TPSA) is 174 Å². The van der Waals surface area contributed by atoms with Crippen molar-refractivity contribution in [1.82, 2.24) is 25.8 Å². The van der Waals surface area contributed by atoms with Crippen molar-refractivity contribution in [3.63, 3.8) is 0 Å². The maximum absolute atomic E-state index is 13.1. The summed E-state index contributed by atoms with van der Waals surface area (Å²) in [4.78, 5) is 52.2. The number of aromatic nitrogens is 2. The van der Waals surface area contributed by atoms with Crippen LogP contribution < -0.4 is 30.2 Å². The number of nitrogens with zero attached hydrogens (tertiary/aromatic N) is 3. The third-order valence-electron chi connectivity index (χ3n) is 7.38. The van der Waals surface area contributed by atoms with Gasteiger partial charge in [-0.05, 0) is 54.2 Å². The third-order valence-corrected chi connectivity index (χ3v) is 7.38. The Morgan fingerprint density at radius 3 is 2.73 bits per heavy atom. The highest BCUT2D eigenvalue weighted by Gasteiger charge is 2.28. The van der Waals surface area contributed by atoms with E-state index in [4.69, 9.17) is 14.2 Å². The van der Waals surface area contributed by atoms with Crippen LogP contribution in [-0.2, 0) is 14.4 Å². The monoisotopic (exact) mass is 606 g/mol. The summed E-state index contributed by atoms with van der Waals surface area (Å²) in [6.07, 6.45) is 1.38. The van der Waals surface area contributed by atoms with E-state index in [2.05, 4.69) is 30.9 Å². The molecule has 0 spiro atoms. The van der Waals surface area contributed by atoms with Crippen molar-refractivity contribution in [3.8, 4) is 17.2 Å². The maximum atomic E-state index is 13.1. The molecular formula is C30H34N6O8. The summed E-state index contributed by atoms with van der Waals surface area (Å²) in [6.45, 7) is 1.98. The molecule has 1 atom stereocenters. The Bertz CT molecular complexity index is 1540. The first-order valence-corrected chi connectivity index (χ1v) is 14.3. The van der Waals surface area contributed by atoms with Gasteiger partial charge in [0.2, 0.25) is 17.7 Å². The van der Waals surface area contributed by atoms with E-state index in [-0.39, 0.29) is 62.6 Å². The molecule has 1 aromatic heterocycles. The summed E-state index contributed by atoms with van der Waals surface area (Å²) >= 11 is 0. The van der Waals surface area contributed by atoms with Crippen LogP contribution in [0.5, 0.6) is 17.2 Å². The van der Waals surface area contributed by atoms with Gasteiger partial charge in [-0.15, -0.1) is 0 Å². The average Bonchev–Trinajstić information content (AvgIpc) is 3.45. The minimum Gasteiger partial charge on any atom is -0.493 e. The van der Waals surface area contributed by atoms with Crippen LogP contribution in [-0.4, -0.2) is 85.3 Å². The molecule has 3 aliphatic rings. The van der Waals surface area contributed by atoms with Gasteiger partial charge in [-0.2, -0.15) is 0 Å². The number of hydrogen-bond acceptors (Lipinski definition) is 10. The number of benzene rings is 2. The molecule has 0 fully saturated rings. The lowest BCUT2D eigenvalue weighted by molar-refractivity contribution is -0.135. The van der Waals surface area contributed by atoms with Crippen LogP contribution in [0.25, 0.3) is 0 Å². The van der Waals surface area contributed by atoms with E-state index in [0.29, 0.717) is 48.1 Å². The van der Waals surface area contributed by atoms with Gasteiger partial charge in [0.25, 0.3) is 5.91 Å². The molecule has 0 radical (unpaired) electrons. The highest BCUT2D eigenvalue weighted by atomic mass is 16.6. The number of methoxy groups -OCH3 is 1. The Kier molecular flexibility index (Phi) is 9.57. The Morgan fingerprint density at radius 1 is 1.07 bits per heavy atom. The van der Waals surface area contributed by atoms with E-state index in [0.717, 1.165) is 11.1 Å². The van der Waals surface area contributed by atoms with E-state index in [1.807, 2.05) is 30.3 Å². The molecule has 4 heterocycles. The minimum absolute atomic E-state index is 0.0140. The summed E-state index contributed by atoms with van der Waals surface area (Å²) in [5.41, 5.74) is 2.82. The second-order valence-corrected chi connectivity index (χ2v) is 10.4. The first kappa shape index (κ1) is 30.3. The van der Waals surface area contributed by atoms with Gasteiger partial charge in [0.1, 0.15) is 18.1 Å². The molecule has 0 aliphatic carbocycles. The summed E-state index contributed by atoms with van der Waals surface area (Å²) < 4.78 is 22.0. The Balaban J connectivity index is 1.31. The van der Waals surface area contributed by atoms with Crippen molar-refractivity contribution in [3.05, 3.63) is 58.9 Å². The van der Waals surface area contributed by atoms with Gasteiger partial charge < -0.3 is 35.1 Å². The SMILES string of the molecule is COc1ccc2cc1OCCCCN(C(=O)CNC(=O)c1nonc1C)CC(=O)NCCOc1ccc3c(c1)NC(=O)CC23. The van der Waals surface area contributed by atoms with Gasteiger partial charge in [0.15, 0.2) is 17.2 Å². The van der Waals surface area contributed by atoms with Crippen LogP contribution in [0.4, 0.5) is 5.69 Å². The zero-order chi connectivity index (χ0) is 31.1. The molecular weight excluding hydrogens is 572 g/mol. The van der Waals surface area contributed by atoms with Crippen LogP contribution >= 0.6 is 0 Å². The number of nitrogens with one attached hydrogen (secondary N) is 3. The fourth-order valence-electron chi connectivity index (χ4n) is 5.11. The van der Waals surface area contributed by atoms with Gasteiger partial charge in [-0.3, -0.25) is 19.2 Å². The maximum Gasteiger partial charge on any atom is 0.275 e. The van der Waals surface area contributed by atoms with E-state index < -0.39 is 11.8 Å². The molecule has 1 unspecified atom stereocenters. The molecule has 0 saturated carbocycles. The summed E-state index contributed by atoms with van der Waals surface area (Å²) in [7, 11) is 1.56. The van der Waals surface area contributed by atoms with Gasteiger partial charge in [0, 0.05) is 30.6 Å². The van der Waals surface area contributed by atoms with Crippen molar-refractivity contribution in [1.29, 1.82) is 0 Å². The molecule has 14 nitrogen and oxygen atoms in total. The van der Waals surface area contributed by atoms with Crippen molar-refractivity contribution in [2.24, 2.45) is 0 Å². The lowest BCUT2D eigenvalue weighted by Gasteiger charge is -2.27. The third kappa shape index (κ3) is 7.25. The second kappa shape index (κ2) is 13.9. The van der Waals surface area contributed by atoms with Gasteiger partial charge in [0.05, 0.1) is 33.4 Å². The van der Waals surface area contributed by atoms with Crippen LogP contribution in [0.2, 0.25) is 0 Å². The van der Waals surface area contributed by atoms with Gasteiger partial charge in [-0.25, -0.2) is 4.63 Å². The Morgan fingerprint density at radius 2 is 1.93 bits per heavy atom. The highest BCUT2D eigenvalue weighted by molar-refractivity contribution is 5.96. The largest absolute Gasteiger partial charge is 0.493 e. The molecule has 3 N–H and O–H groups in total. The number of fused-ring (bicyclic) bond motifs is 12. The van der Waals surface area contributed by atoms with E-state index >= 15 is 0 Å². The van der Waals surface area contributed by atoms with E-state index in [1.54, 1.807) is 20.1 Å². The number of anilines is 1. The fraction of sp³-hybridized carbons (Fsp3) is 0.400. The number of carbonyl (C=O) groups excluding carboxylic acids is 4. The van der Waals surface area contributed by atoms with Crippen molar-refractivity contribution in [2.75, 3.05) is 51.8 Å². The zero-order valence-electron chi connectivity index (χ0n) is 24.5. The Labute approximate surface area is 253 Å². The summed E-state index contributed by atoms with van der Waals surface area (Å²) in [5.74, 6) is -0.0662. The molecule has 6 bridgehead atoms. The van der Waals surface area contributed by atoms with Crippen molar-refractivity contribution >= 4 is 29.3 Å². The molecule has 44 heavy (non-hydrogen) atoms. The number of rotatable bonds is 4. The fourth-order valence-corrected chi connectivity index (χ4v) is 5.11. The van der Waals surface area contributed by atoms with Crippen molar-refractivity contribution in [2.45, 2.75) is 32.1 Å². The lowest BCUT2D eigenvalue weighted by Crippen LogP contribution is -2.46. The number of ether oxygens (including phenoxy) is 3. The van der Waals surface area contributed by atoms with Crippen LogP contribution in [0.15, 0.2) is 41.0 Å². The predicted molar refractivity (Wildman–Crippen MR) is 156 cm³/mol. The molecule has 3 aliphatic heterocycles. The van der Waals surface area contributed by atoms with Crippen LogP contribution in [0.3, 0.4) is 0 Å². The van der Waals surface area contributed by atoms with Crippen molar-refractivity contribution < 1.29 is 38.0 Å². The van der Waals surface area contributed by atoms with Crippen LogP contribution in [0.1, 0.15) is 52.5 Å². The van der Waals surface area contributed by atoms with E-state index in [1.165, 1.54) is 4.90 Å². The zero-order valence-corrected chi connectivity index (χ0v) is 24.5. The molecule has 4 amide bonds. The second-order valence-electron chi connectivity index (χ2n) is 10.4. The number of aryl methyl sites for hydroxylation is 1. The first-order valence-electron chi connectivity index (χ1n) is 14.3. The predicted octanol–water partition coefficient (Wildman–Crippen LogP) is 1.79. The molecule has 3 aromatic rings. The standard InChI is InChI=1S/C30H34N6O8/c1-18-29(35-44-34-18)30(40)32-16-28(39)36-10-3-4-11-43-25-13-19(5-8-24(25)41-2)22-15-26(37)33-23-14-20(6-7-21(22)23)42-12-9-31-27(38)17-36/h5-8,13-14,22H,3-4,9-12,15-17H2,1-2H3,(H,31,38)(H,32,40)(H,33,37). The Hall–Kier alpha value is -5.14. The van der Waals surface area contributed by atoms with Gasteiger partial charge >= 0.3 is 0 Å². The lowest BCUT2D eigenvalue weighted by atomic mass is 9.84. The molecule has 0 saturated heterocycles. The smallest absolute Gasteiger partial charge is 0.275 e. The summed E-state index contributed by atoms with van der Waals surface area (Å²) in [5, 5.41) is 15.3. The number of amides is 4. The minimum atomic E-state index is -0.603. The molecule has 14 heteroatoms. The quantitative estimate of drug-likeness (QED) is 0.372. The van der Waals surface area contributed by atoms with Crippen LogP contribution in [0, 0.1) is 6.92 Å². The first-order chi connectivity index (χ1) is 21.3. The van der Waals surface area contributed by atoms with Gasteiger partial charge in [-0.1, -0.05) is 17.3 Å². The molecule has 2 aromatic carbocycles. The average molecular weight is 607 g/mol. The number of hydrogen-bond donors (Lipinski definition) is 3. The molecule has 232 valence electrons. The molecule has 6 rings (SSSR count). The normalized spacial score (nSPS) is 17.4.